The Morgan fingerprint density at radius 1 is 1.43 bits per heavy atom. The molecule has 0 bridgehead atoms. The van der Waals surface area contributed by atoms with E-state index in [0.29, 0.717) is 5.02 Å². The minimum Gasteiger partial charge on any atom is -0.197 e. The zero-order valence-electron chi connectivity index (χ0n) is 7.56. The molecule has 1 nitrogen and oxygen atoms in total. The Bertz CT molecular complexity index is 404. The third-order valence-corrected chi connectivity index (χ3v) is 4.13. The second-order valence-corrected chi connectivity index (χ2v) is 4.94. The highest BCUT2D eigenvalue weighted by molar-refractivity contribution is 9.10. The van der Waals surface area contributed by atoms with Crippen LogP contribution >= 0.6 is 27.5 Å². The van der Waals surface area contributed by atoms with Crippen LogP contribution in [0.4, 0.5) is 0 Å². The van der Waals surface area contributed by atoms with Gasteiger partial charge in [0.1, 0.15) is 0 Å². The van der Waals surface area contributed by atoms with Crippen molar-refractivity contribution in [3.05, 3.63) is 33.3 Å². The van der Waals surface area contributed by atoms with Crippen LogP contribution in [0.15, 0.2) is 22.7 Å². The summed E-state index contributed by atoms with van der Waals surface area (Å²) in [6.45, 7) is 0. The Labute approximate surface area is 96.8 Å². The number of nitrogens with zero attached hydrogens (tertiary/aromatic N) is 1. The van der Waals surface area contributed by atoms with Gasteiger partial charge in [-0.05, 0) is 52.9 Å². The maximum Gasteiger partial charge on any atom is 0.0823 e. The fourth-order valence-corrected chi connectivity index (χ4v) is 2.22. The van der Waals surface area contributed by atoms with Crippen LogP contribution in [0.2, 0.25) is 5.02 Å². The van der Waals surface area contributed by atoms with Gasteiger partial charge in [0.2, 0.25) is 0 Å². The Hall–Kier alpha value is -0.520. The molecule has 72 valence electrons. The number of rotatable bonds is 1. The van der Waals surface area contributed by atoms with Crippen LogP contribution in [0, 0.1) is 11.3 Å². The molecule has 1 aliphatic carbocycles. The van der Waals surface area contributed by atoms with E-state index in [4.69, 9.17) is 16.9 Å². The van der Waals surface area contributed by atoms with Gasteiger partial charge in [0.25, 0.3) is 0 Å². The van der Waals surface area contributed by atoms with E-state index in [1.54, 1.807) is 0 Å². The van der Waals surface area contributed by atoms with E-state index in [1.807, 2.05) is 18.2 Å². The van der Waals surface area contributed by atoms with E-state index in [1.165, 1.54) is 0 Å². The largest absolute Gasteiger partial charge is 0.197 e. The quantitative estimate of drug-likeness (QED) is 0.755. The molecule has 0 aromatic heterocycles. The van der Waals surface area contributed by atoms with Crippen LogP contribution < -0.4 is 0 Å². The Morgan fingerprint density at radius 3 is 2.57 bits per heavy atom. The van der Waals surface area contributed by atoms with E-state index in [2.05, 4.69) is 22.0 Å². The molecule has 2 rings (SSSR count). The van der Waals surface area contributed by atoms with Crippen LogP contribution in [0.5, 0.6) is 0 Å². The van der Waals surface area contributed by atoms with Gasteiger partial charge >= 0.3 is 0 Å². The van der Waals surface area contributed by atoms with Crippen LogP contribution in [0.1, 0.15) is 24.8 Å². The minimum absolute atomic E-state index is 0.260. The molecular weight excluding hydrogens is 261 g/mol. The summed E-state index contributed by atoms with van der Waals surface area (Å²) in [7, 11) is 0. The zero-order valence-corrected chi connectivity index (χ0v) is 9.90. The molecule has 14 heavy (non-hydrogen) atoms. The minimum atomic E-state index is -0.260. The van der Waals surface area contributed by atoms with Gasteiger partial charge in [0, 0.05) is 4.47 Å². The van der Waals surface area contributed by atoms with E-state index in [9.17, 15) is 0 Å². The lowest BCUT2D eigenvalue weighted by molar-refractivity contribution is 0.324. The maximum absolute atomic E-state index is 9.15. The molecule has 1 aromatic rings. The maximum atomic E-state index is 9.15. The lowest BCUT2D eigenvalue weighted by Gasteiger charge is -2.35. The molecule has 0 heterocycles. The summed E-state index contributed by atoms with van der Waals surface area (Å²) in [6, 6.07) is 8.20. The molecule has 1 saturated carbocycles. The number of hydrogen-bond donors (Lipinski definition) is 0. The Balaban J connectivity index is 2.42. The Morgan fingerprint density at radius 2 is 2.14 bits per heavy atom. The highest BCUT2D eigenvalue weighted by Gasteiger charge is 2.39. The van der Waals surface area contributed by atoms with Crippen molar-refractivity contribution in [3.8, 4) is 6.07 Å². The summed E-state index contributed by atoms with van der Waals surface area (Å²) in [5, 5.41) is 9.83. The molecule has 0 saturated heterocycles. The SMILES string of the molecule is N#CC1(c2ccc(Br)c(Cl)c2)CCC1. The van der Waals surface area contributed by atoms with Gasteiger partial charge in [-0.1, -0.05) is 17.7 Å². The molecule has 1 aromatic carbocycles. The normalized spacial score (nSPS) is 18.4. The summed E-state index contributed by atoms with van der Waals surface area (Å²) < 4.78 is 0.885. The third kappa shape index (κ3) is 1.45. The van der Waals surface area contributed by atoms with Crippen molar-refractivity contribution in [3.63, 3.8) is 0 Å². The molecular formula is C11H9BrClN. The Kier molecular flexibility index (Phi) is 2.55. The van der Waals surface area contributed by atoms with Crippen molar-refractivity contribution >= 4 is 27.5 Å². The highest BCUT2D eigenvalue weighted by atomic mass is 79.9. The average molecular weight is 271 g/mol. The molecule has 0 spiro atoms. The molecule has 3 heteroatoms. The predicted octanol–water partition coefficient (Wildman–Crippen LogP) is 4.05. The molecule has 0 unspecified atom stereocenters. The van der Waals surface area contributed by atoms with Gasteiger partial charge in [0.15, 0.2) is 0 Å². The molecule has 0 amide bonds. The van der Waals surface area contributed by atoms with Crippen molar-refractivity contribution in [2.75, 3.05) is 0 Å². The van der Waals surface area contributed by atoms with Crippen LogP contribution in [0.25, 0.3) is 0 Å². The van der Waals surface area contributed by atoms with Gasteiger partial charge < -0.3 is 0 Å². The fraction of sp³-hybridized carbons (Fsp3) is 0.364. The summed E-state index contributed by atoms with van der Waals surface area (Å²) >= 11 is 9.34. The topological polar surface area (TPSA) is 23.8 Å². The van der Waals surface area contributed by atoms with Crippen LogP contribution in [0.3, 0.4) is 0 Å². The zero-order chi connectivity index (χ0) is 10.2. The van der Waals surface area contributed by atoms with Crippen molar-refractivity contribution in [2.24, 2.45) is 0 Å². The number of nitriles is 1. The molecule has 0 atom stereocenters. The van der Waals surface area contributed by atoms with Gasteiger partial charge in [-0.15, -0.1) is 0 Å². The predicted molar refractivity (Wildman–Crippen MR) is 60.3 cm³/mol. The third-order valence-electron chi connectivity index (χ3n) is 2.89. The van der Waals surface area contributed by atoms with Crippen LogP contribution in [-0.4, -0.2) is 0 Å². The molecule has 0 radical (unpaired) electrons. The second kappa shape index (κ2) is 3.56. The summed E-state index contributed by atoms with van der Waals surface area (Å²) in [5.74, 6) is 0. The van der Waals surface area contributed by atoms with Gasteiger partial charge in [0.05, 0.1) is 16.5 Å². The highest BCUT2D eigenvalue weighted by Crippen LogP contribution is 2.44. The van der Waals surface area contributed by atoms with Crippen molar-refractivity contribution in [1.29, 1.82) is 5.26 Å². The van der Waals surface area contributed by atoms with E-state index >= 15 is 0 Å². The number of hydrogen-bond acceptors (Lipinski definition) is 1. The van der Waals surface area contributed by atoms with Crippen molar-refractivity contribution < 1.29 is 0 Å². The molecule has 1 fully saturated rings. The summed E-state index contributed by atoms with van der Waals surface area (Å²) in [4.78, 5) is 0. The smallest absolute Gasteiger partial charge is 0.0823 e. The lowest BCUT2D eigenvalue weighted by atomic mass is 9.66. The first kappa shape index (κ1) is 10.0. The lowest BCUT2D eigenvalue weighted by Crippen LogP contribution is -2.32. The first-order chi connectivity index (χ1) is 6.68. The van der Waals surface area contributed by atoms with Crippen molar-refractivity contribution in [1.82, 2.24) is 0 Å². The molecule has 0 N–H and O–H groups in total. The first-order valence-electron chi connectivity index (χ1n) is 4.55. The standard InChI is InChI=1S/C11H9BrClN/c12-9-3-2-8(6-10(9)13)11(7-14)4-1-5-11/h2-3,6H,1,4-5H2. The van der Waals surface area contributed by atoms with Gasteiger partial charge in [-0.3, -0.25) is 0 Å². The fourth-order valence-electron chi connectivity index (χ4n) is 1.79. The number of benzene rings is 1. The molecule has 0 aliphatic heterocycles. The van der Waals surface area contributed by atoms with E-state index < -0.39 is 0 Å². The van der Waals surface area contributed by atoms with Gasteiger partial charge in [-0.25, -0.2) is 0 Å². The monoisotopic (exact) mass is 269 g/mol. The van der Waals surface area contributed by atoms with E-state index in [0.717, 1.165) is 29.3 Å². The van der Waals surface area contributed by atoms with Crippen molar-refractivity contribution in [2.45, 2.75) is 24.7 Å². The van der Waals surface area contributed by atoms with E-state index in [-0.39, 0.29) is 5.41 Å². The second-order valence-electron chi connectivity index (χ2n) is 3.68. The van der Waals surface area contributed by atoms with Crippen LogP contribution in [-0.2, 0) is 5.41 Å². The first-order valence-corrected chi connectivity index (χ1v) is 5.72. The average Bonchev–Trinajstić information content (AvgIpc) is 2.10. The molecule has 1 aliphatic rings. The van der Waals surface area contributed by atoms with Gasteiger partial charge in [-0.2, -0.15) is 5.26 Å². The number of halogens is 2. The summed E-state index contributed by atoms with van der Waals surface area (Å²) in [5.41, 5.74) is 0.795. The summed E-state index contributed by atoms with van der Waals surface area (Å²) in [6.07, 6.45) is 3.06.